The van der Waals surface area contributed by atoms with Crippen molar-refractivity contribution in [1.29, 1.82) is 0 Å². The zero-order chi connectivity index (χ0) is 11.1. The largest absolute Gasteiger partial charge is 0.329 e. The van der Waals surface area contributed by atoms with Gasteiger partial charge in [-0.15, -0.1) is 0 Å². The van der Waals surface area contributed by atoms with E-state index in [1.165, 1.54) is 0 Å². The Morgan fingerprint density at radius 1 is 1.33 bits per heavy atom. The van der Waals surface area contributed by atoms with E-state index in [9.17, 15) is 4.79 Å². The van der Waals surface area contributed by atoms with Crippen LogP contribution in [-0.4, -0.2) is 15.3 Å². The van der Waals surface area contributed by atoms with Crippen LogP contribution in [0.1, 0.15) is 56.6 Å². The van der Waals surface area contributed by atoms with Crippen molar-refractivity contribution in [2.24, 2.45) is 0 Å². The van der Waals surface area contributed by atoms with Gasteiger partial charge in [0.2, 0.25) is 0 Å². The highest BCUT2D eigenvalue weighted by Crippen LogP contribution is 2.07. The summed E-state index contributed by atoms with van der Waals surface area (Å²) in [5, 5.41) is 0. The Morgan fingerprint density at radius 2 is 2.13 bits per heavy atom. The van der Waals surface area contributed by atoms with Crippen LogP contribution in [0.25, 0.3) is 0 Å². The number of aromatic nitrogens is 2. The average molecular weight is 208 g/mol. The van der Waals surface area contributed by atoms with Crippen molar-refractivity contribution in [2.45, 2.75) is 52.5 Å². The number of hydrogen-bond acceptors (Lipinski definition) is 2. The fraction of sp³-hybridized carbons (Fsp3) is 0.667. The summed E-state index contributed by atoms with van der Waals surface area (Å²) >= 11 is 0. The van der Waals surface area contributed by atoms with Gasteiger partial charge in [0.25, 0.3) is 0 Å². The number of rotatable bonds is 7. The summed E-state index contributed by atoms with van der Waals surface area (Å²) < 4.78 is 1.95. The predicted octanol–water partition coefficient (Wildman–Crippen LogP) is 3.06. The molecule has 1 aromatic rings. The number of Topliss-reactive ketones (excluding diaryl/α,β-unsaturated/α-hetero) is 1. The van der Waals surface area contributed by atoms with Crippen LogP contribution in [0.3, 0.4) is 0 Å². The summed E-state index contributed by atoms with van der Waals surface area (Å²) in [6.45, 7) is 5.13. The van der Waals surface area contributed by atoms with Crippen molar-refractivity contribution in [1.82, 2.24) is 9.55 Å². The second kappa shape index (κ2) is 6.38. The molecule has 0 aliphatic carbocycles. The molecular formula is C12H20N2O. The highest BCUT2D eigenvalue weighted by molar-refractivity contribution is 5.92. The first-order valence-corrected chi connectivity index (χ1v) is 5.84. The highest BCUT2D eigenvalue weighted by atomic mass is 16.1. The summed E-state index contributed by atoms with van der Waals surface area (Å²) in [6.07, 6.45) is 8.52. The lowest BCUT2D eigenvalue weighted by Crippen LogP contribution is -2.09. The van der Waals surface area contributed by atoms with Crippen LogP contribution in [0.5, 0.6) is 0 Å². The lowest BCUT2D eigenvalue weighted by molar-refractivity contribution is 0.0965. The van der Waals surface area contributed by atoms with Gasteiger partial charge < -0.3 is 4.57 Å². The summed E-state index contributed by atoms with van der Waals surface area (Å²) in [6, 6.07) is 0. The number of unbranched alkanes of at least 4 members (excludes halogenated alkanes) is 2. The molecule has 3 heteroatoms. The molecule has 0 fully saturated rings. The second-order valence-corrected chi connectivity index (χ2v) is 3.82. The van der Waals surface area contributed by atoms with E-state index >= 15 is 0 Å². The van der Waals surface area contributed by atoms with Crippen molar-refractivity contribution < 1.29 is 4.79 Å². The summed E-state index contributed by atoms with van der Waals surface area (Å²) in [4.78, 5) is 15.9. The van der Waals surface area contributed by atoms with E-state index in [0.717, 1.165) is 32.2 Å². The Morgan fingerprint density at radius 3 is 2.80 bits per heavy atom. The van der Waals surface area contributed by atoms with Crippen LogP contribution in [0.4, 0.5) is 0 Å². The molecule has 0 spiro atoms. The molecule has 3 nitrogen and oxygen atoms in total. The van der Waals surface area contributed by atoms with Crippen molar-refractivity contribution in [3.63, 3.8) is 0 Å². The van der Waals surface area contributed by atoms with Gasteiger partial charge in [-0.05, 0) is 12.8 Å². The van der Waals surface area contributed by atoms with E-state index in [0.29, 0.717) is 12.2 Å². The van der Waals surface area contributed by atoms with E-state index in [2.05, 4.69) is 18.8 Å². The zero-order valence-electron chi connectivity index (χ0n) is 9.70. The third-order valence-corrected chi connectivity index (χ3v) is 2.44. The molecule has 0 amide bonds. The first-order chi connectivity index (χ1) is 7.29. The molecule has 1 rings (SSSR count). The van der Waals surface area contributed by atoms with Crippen LogP contribution in [-0.2, 0) is 6.54 Å². The number of imidazole rings is 1. The normalized spacial score (nSPS) is 10.5. The quantitative estimate of drug-likeness (QED) is 0.510. The molecule has 0 aliphatic rings. The van der Waals surface area contributed by atoms with Crippen molar-refractivity contribution >= 4 is 5.78 Å². The Hall–Kier alpha value is -1.12. The molecule has 1 heterocycles. The minimum atomic E-state index is 0.182. The summed E-state index contributed by atoms with van der Waals surface area (Å²) in [7, 11) is 0. The number of aryl methyl sites for hydroxylation is 1. The number of hydrogen-bond donors (Lipinski definition) is 0. The number of nitrogens with zero attached hydrogens (tertiary/aromatic N) is 2. The summed E-state index contributed by atoms with van der Waals surface area (Å²) in [5.41, 5.74) is 0. The van der Waals surface area contributed by atoms with Crippen molar-refractivity contribution in [3.05, 3.63) is 18.2 Å². The van der Waals surface area contributed by atoms with Crippen LogP contribution in [0.15, 0.2) is 12.4 Å². The van der Waals surface area contributed by atoms with Gasteiger partial charge in [0.1, 0.15) is 0 Å². The molecule has 84 valence electrons. The molecule has 0 N–H and O–H groups in total. The molecular weight excluding hydrogens is 188 g/mol. The van der Waals surface area contributed by atoms with Crippen LogP contribution in [0, 0.1) is 0 Å². The topological polar surface area (TPSA) is 34.9 Å². The average Bonchev–Trinajstić information content (AvgIpc) is 2.67. The van der Waals surface area contributed by atoms with E-state index in [1.54, 1.807) is 6.20 Å². The van der Waals surface area contributed by atoms with E-state index < -0.39 is 0 Å². The van der Waals surface area contributed by atoms with Crippen molar-refractivity contribution in [2.75, 3.05) is 0 Å². The molecule has 0 saturated carbocycles. The molecule has 0 saturated heterocycles. The Kier molecular flexibility index (Phi) is 5.08. The van der Waals surface area contributed by atoms with Gasteiger partial charge in [-0.3, -0.25) is 4.79 Å². The van der Waals surface area contributed by atoms with Crippen LogP contribution >= 0.6 is 0 Å². The van der Waals surface area contributed by atoms with Crippen LogP contribution < -0.4 is 0 Å². The molecule has 0 atom stereocenters. The van der Waals surface area contributed by atoms with Gasteiger partial charge in [-0.25, -0.2) is 4.98 Å². The van der Waals surface area contributed by atoms with Gasteiger partial charge in [0.15, 0.2) is 11.6 Å². The van der Waals surface area contributed by atoms with Gasteiger partial charge in [-0.1, -0.05) is 26.7 Å². The summed E-state index contributed by atoms with van der Waals surface area (Å²) in [5.74, 6) is 0.815. The third kappa shape index (κ3) is 3.50. The SMILES string of the molecule is CCCCCC(=O)c1nccn1CCC. The molecule has 1 aromatic heterocycles. The second-order valence-electron chi connectivity index (χ2n) is 3.82. The maximum atomic E-state index is 11.8. The van der Waals surface area contributed by atoms with Gasteiger partial charge >= 0.3 is 0 Å². The molecule has 15 heavy (non-hydrogen) atoms. The van der Waals surface area contributed by atoms with Gasteiger partial charge in [0, 0.05) is 25.4 Å². The fourth-order valence-corrected chi connectivity index (χ4v) is 1.63. The monoisotopic (exact) mass is 208 g/mol. The van der Waals surface area contributed by atoms with E-state index in [-0.39, 0.29) is 5.78 Å². The molecule has 0 unspecified atom stereocenters. The van der Waals surface area contributed by atoms with Crippen molar-refractivity contribution in [3.8, 4) is 0 Å². The third-order valence-electron chi connectivity index (χ3n) is 2.44. The first kappa shape index (κ1) is 12.0. The smallest absolute Gasteiger partial charge is 0.198 e. The molecule has 0 aromatic carbocycles. The molecule has 0 aliphatic heterocycles. The van der Waals surface area contributed by atoms with Gasteiger partial charge in [-0.2, -0.15) is 0 Å². The lowest BCUT2D eigenvalue weighted by atomic mass is 10.1. The minimum absolute atomic E-state index is 0.182. The van der Waals surface area contributed by atoms with E-state index in [1.807, 2.05) is 10.8 Å². The highest BCUT2D eigenvalue weighted by Gasteiger charge is 2.11. The fourth-order valence-electron chi connectivity index (χ4n) is 1.63. The maximum absolute atomic E-state index is 11.8. The number of ketones is 1. The first-order valence-electron chi connectivity index (χ1n) is 5.84. The predicted molar refractivity (Wildman–Crippen MR) is 61.0 cm³/mol. The molecule has 0 radical (unpaired) electrons. The number of carbonyl (C=O) groups is 1. The standard InChI is InChI=1S/C12H20N2O/c1-3-5-6-7-11(15)12-13-8-10-14(12)9-4-2/h8,10H,3-7,9H2,1-2H3. The molecule has 0 bridgehead atoms. The Labute approximate surface area is 91.5 Å². The number of carbonyl (C=O) groups excluding carboxylic acids is 1. The Bertz CT molecular complexity index is 304. The lowest BCUT2D eigenvalue weighted by Gasteiger charge is -2.04. The minimum Gasteiger partial charge on any atom is -0.329 e. The maximum Gasteiger partial charge on any atom is 0.198 e. The van der Waals surface area contributed by atoms with Crippen LogP contribution in [0.2, 0.25) is 0 Å². The zero-order valence-corrected chi connectivity index (χ0v) is 9.70. The van der Waals surface area contributed by atoms with E-state index in [4.69, 9.17) is 0 Å². The Balaban J connectivity index is 2.53. The van der Waals surface area contributed by atoms with Gasteiger partial charge in [0.05, 0.1) is 0 Å².